The SMILES string of the molecule is Nc1ccn(C2OC(C(O)c3ccccc3C(=O)O)C(O)(c3ccccc3C(=O)O)C2(F)F)c(=O)n1. The molecular formula is C23H19F2N3O8. The number of benzene rings is 2. The Kier molecular flexibility index (Phi) is 6.08. The van der Waals surface area contributed by atoms with Crippen LogP contribution in [-0.2, 0) is 10.3 Å². The van der Waals surface area contributed by atoms with Gasteiger partial charge in [-0.15, -0.1) is 0 Å². The second-order valence-corrected chi connectivity index (χ2v) is 8.03. The van der Waals surface area contributed by atoms with Gasteiger partial charge in [-0.2, -0.15) is 13.8 Å². The first-order chi connectivity index (χ1) is 16.9. The Morgan fingerprint density at radius 1 is 1.03 bits per heavy atom. The van der Waals surface area contributed by atoms with E-state index >= 15 is 8.78 Å². The van der Waals surface area contributed by atoms with Gasteiger partial charge in [0, 0.05) is 11.8 Å². The van der Waals surface area contributed by atoms with Crippen LogP contribution in [0.2, 0.25) is 0 Å². The number of ether oxygens (including phenoxy) is 1. The molecular weight excluding hydrogens is 484 g/mol. The van der Waals surface area contributed by atoms with Gasteiger partial charge in [0.05, 0.1) is 11.1 Å². The molecule has 1 aliphatic rings. The lowest BCUT2D eigenvalue weighted by Gasteiger charge is -2.36. The molecule has 4 atom stereocenters. The van der Waals surface area contributed by atoms with E-state index in [4.69, 9.17) is 10.5 Å². The van der Waals surface area contributed by atoms with E-state index < -0.39 is 64.3 Å². The Labute approximate surface area is 200 Å². The van der Waals surface area contributed by atoms with Crippen LogP contribution in [0.15, 0.2) is 65.6 Å². The van der Waals surface area contributed by atoms with Gasteiger partial charge in [0.15, 0.2) is 5.60 Å². The first kappa shape index (κ1) is 24.9. The zero-order valence-electron chi connectivity index (χ0n) is 18.2. The van der Waals surface area contributed by atoms with Crippen LogP contribution in [0.25, 0.3) is 0 Å². The van der Waals surface area contributed by atoms with Gasteiger partial charge in [-0.05, 0) is 23.8 Å². The van der Waals surface area contributed by atoms with Crippen molar-refractivity contribution in [1.29, 1.82) is 0 Å². The minimum absolute atomic E-state index is 0.281. The smallest absolute Gasteiger partial charge is 0.351 e. The molecule has 6 N–H and O–H groups in total. The zero-order chi connectivity index (χ0) is 26.4. The van der Waals surface area contributed by atoms with Crippen molar-refractivity contribution in [3.8, 4) is 0 Å². The lowest BCUT2D eigenvalue weighted by molar-refractivity contribution is -0.196. The molecule has 2 aromatic carbocycles. The van der Waals surface area contributed by atoms with Crippen LogP contribution >= 0.6 is 0 Å². The van der Waals surface area contributed by atoms with Crippen LogP contribution < -0.4 is 11.4 Å². The minimum atomic E-state index is -4.45. The van der Waals surface area contributed by atoms with Gasteiger partial charge in [0.1, 0.15) is 18.0 Å². The van der Waals surface area contributed by atoms with Gasteiger partial charge in [-0.1, -0.05) is 36.4 Å². The number of rotatable bonds is 6. The number of nitrogens with zero attached hydrogens (tertiary/aromatic N) is 2. The third-order valence-electron chi connectivity index (χ3n) is 5.97. The fraction of sp³-hybridized carbons (Fsp3) is 0.217. The first-order valence-electron chi connectivity index (χ1n) is 10.3. The summed E-state index contributed by atoms with van der Waals surface area (Å²) >= 11 is 0. The fourth-order valence-electron chi connectivity index (χ4n) is 4.30. The molecule has 0 aliphatic carbocycles. The average molecular weight is 503 g/mol. The molecule has 0 saturated carbocycles. The fourth-order valence-corrected chi connectivity index (χ4v) is 4.30. The molecule has 4 unspecified atom stereocenters. The Hall–Kier alpha value is -4.20. The Morgan fingerprint density at radius 3 is 2.22 bits per heavy atom. The first-order valence-corrected chi connectivity index (χ1v) is 10.3. The van der Waals surface area contributed by atoms with E-state index in [0.29, 0.717) is 4.57 Å². The summed E-state index contributed by atoms with van der Waals surface area (Å²) in [6.45, 7) is 0. The molecule has 36 heavy (non-hydrogen) atoms. The monoisotopic (exact) mass is 503 g/mol. The summed E-state index contributed by atoms with van der Waals surface area (Å²) in [4.78, 5) is 39.3. The summed E-state index contributed by atoms with van der Waals surface area (Å²) in [6.07, 6.45) is -6.30. The van der Waals surface area contributed by atoms with Crippen molar-refractivity contribution >= 4 is 17.8 Å². The number of aromatic nitrogens is 2. The van der Waals surface area contributed by atoms with Crippen molar-refractivity contribution in [3.63, 3.8) is 0 Å². The van der Waals surface area contributed by atoms with E-state index in [1.807, 2.05) is 0 Å². The number of hydrogen-bond donors (Lipinski definition) is 5. The summed E-state index contributed by atoms with van der Waals surface area (Å²) < 4.78 is 38.0. The van der Waals surface area contributed by atoms with Crippen molar-refractivity contribution in [2.45, 2.75) is 30.0 Å². The maximum absolute atomic E-state index is 16.1. The summed E-state index contributed by atoms with van der Waals surface area (Å²) in [5.41, 5.74) is -1.81. The Balaban J connectivity index is 1.99. The lowest BCUT2D eigenvalue weighted by atomic mass is 9.77. The van der Waals surface area contributed by atoms with Crippen LogP contribution in [0.3, 0.4) is 0 Å². The predicted molar refractivity (Wildman–Crippen MR) is 117 cm³/mol. The quantitative estimate of drug-likeness (QED) is 0.329. The highest BCUT2D eigenvalue weighted by molar-refractivity contribution is 5.90. The highest BCUT2D eigenvalue weighted by atomic mass is 19.3. The number of carbonyl (C=O) groups is 2. The van der Waals surface area contributed by atoms with Crippen molar-refractivity contribution in [1.82, 2.24) is 9.55 Å². The van der Waals surface area contributed by atoms with Gasteiger partial charge < -0.3 is 30.9 Å². The molecule has 3 aromatic rings. The molecule has 11 nitrogen and oxygen atoms in total. The topological polar surface area (TPSA) is 185 Å². The van der Waals surface area contributed by atoms with E-state index in [1.54, 1.807) is 0 Å². The molecule has 1 saturated heterocycles. The van der Waals surface area contributed by atoms with Crippen LogP contribution in [0.5, 0.6) is 0 Å². The molecule has 0 amide bonds. The van der Waals surface area contributed by atoms with Crippen LogP contribution in [0.1, 0.15) is 44.2 Å². The number of aromatic carboxylic acids is 2. The third kappa shape index (κ3) is 3.69. The van der Waals surface area contributed by atoms with Crippen LogP contribution in [0, 0.1) is 0 Å². The number of aliphatic hydroxyl groups is 2. The van der Waals surface area contributed by atoms with Crippen molar-refractivity contribution in [3.05, 3.63) is 93.5 Å². The number of alkyl halides is 2. The van der Waals surface area contributed by atoms with E-state index in [9.17, 15) is 34.8 Å². The molecule has 1 aromatic heterocycles. The number of carboxylic acids is 2. The second kappa shape index (κ2) is 8.78. The predicted octanol–water partition coefficient (Wildman–Crippen LogP) is 1.38. The molecule has 0 spiro atoms. The minimum Gasteiger partial charge on any atom is -0.478 e. The summed E-state index contributed by atoms with van der Waals surface area (Å²) in [7, 11) is 0. The molecule has 4 rings (SSSR count). The summed E-state index contributed by atoms with van der Waals surface area (Å²) in [5, 5.41) is 41.9. The Morgan fingerprint density at radius 2 is 1.61 bits per heavy atom. The molecule has 1 aliphatic heterocycles. The Bertz CT molecular complexity index is 1410. The number of nitrogen functional groups attached to an aromatic ring is 1. The lowest BCUT2D eigenvalue weighted by Crippen LogP contribution is -2.53. The van der Waals surface area contributed by atoms with Gasteiger partial charge >= 0.3 is 23.6 Å². The number of hydrogen-bond acceptors (Lipinski definition) is 8. The average Bonchev–Trinajstić information content (AvgIpc) is 3.05. The normalized spacial score (nSPS) is 23.8. The molecule has 2 heterocycles. The van der Waals surface area contributed by atoms with Crippen LogP contribution in [-0.4, -0.2) is 53.9 Å². The van der Waals surface area contributed by atoms with Gasteiger partial charge in [0.25, 0.3) is 0 Å². The van der Waals surface area contributed by atoms with E-state index in [-0.39, 0.29) is 11.4 Å². The summed E-state index contributed by atoms with van der Waals surface area (Å²) in [6, 6.07) is 10.2. The van der Waals surface area contributed by atoms with Gasteiger partial charge in [-0.25, -0.2) is 14.4 Å². The van der Waals surface area contributed by atoms with Crippen LogP contribution in [0.4, 0.5) is 14.6 Å². The largest absolute Gasteiger partial charge is 0.478 e. The second-order valence-electron chi connectivity index (χ2n) is 8.03. The molecule has 13 heteroatoms. The van der Waals surface area contributed by atoms with Crippen molar-refractivity contribution < 1.29 is 43.5 Å². The van der Waals surface area contributed by atoms with E-state index in [0.717, 1.165) is 36.5 Å². The van der Waals surface area contributed by atoms with E-state index in [2.05, 4.69) is 4.98 Å². The maximum Gasteiger partial charge on any atom is 0.351 e. The van der Waals surface area contributed by atoms with Gasteiger partial charge in [-0.3, -0.25) is 4.57 Å². The molecule has 0 radical (unpaired) electrons. The van der Waals surface area contributed by atoms with E-state index in [1.165, 1.54) is 24.3 Å². The third-order valence-corrected chi connectivity index (χ3v) is 5.97. The molecule has 0 bridgehead atoms. The molecule has 188 valence electrons. The molecule has 1 fully saturated rings. The standard InChI is InChI=1S/C23H19F2N3O8/c24-23(25)20(28-10-9-15(26)27-21(28)34)36-17(16(29)11-5-1-2-6-12(11)18(30)31)22(23,35)14-8-4-3-7-13(14)19(32)33/h1-10,16-17,20,29,35H,(H,30,31)(H,32,33)(H2,26,27,34). The number of aliphatic hydroxyl groups excluding tert-OH is 1. The summed E-state index contributed by atoms with van der Waals surface area (Å²) in [5.74, 6) is -7.90. The van der Waals surface area contributed by atoms with Crippen molar-refractivity contribution in [2.75, 3.05) is 5.73 Å². The number of anilines is 1. The number of nitrogens with two attached hydrogens (primary N) is 1. The number of halogens is 2. The maximum atomic E-state index is 16.1. The highest BCUT2D eigenvalue weighted by Gasteiger charge is 2.73. The number of carboxylic acid groups (broad SMARTS) is 2. The zero-order valence-corrected chi connectivity index (χ0v) is 18.2. The highest BCUT2D eigenvalue weighted by Crippen LogP contribution is 2.57. The van der Waals surface area contributed by atoms with Gasteiger partial charge in [0.2, 0.25) is 6.23 Å². The van der Waals surface area contributed by atoms with Crippen molar-refractivity contribution in [2.24, 2.45) is 0 Å².